The molecule has 0 bridgehead atoms. The van der Waals surface area contributed by atoms with Crippen molar-refractivity contribution in [3.63, 3.8) is 0 Å². The zero-order valence-corrected chi connectivity index (χ0v) is 30.5. The van der Waals surface area contributed by atoms with Gasteiger partial charge in [-0.25, -0.2) is 4.79 Å². The molecule has 1 heterocycles. The van der Waals surface area contributed by atoms with Crippen LogP contribution in [0.1, 0.15) is 79.1 Å². The fourth-order valence-corrected chi connectivity index (χ4v) is 11.2. The molecule has 1 aromatic carbocycles. The molecule has 2 saturated carbocycles. The average Bonchev–Trinajstić information content (AvgIpc) is 3.04. The van der Waals surface area contributed by atoms with E-state index < -0.39 is 91.2 Å². The van der Waals surface area contributed by atoms with Crippen molar-refractivity contribution in [2.75, 3.05) is 13.2 Å². The van der Waals surface area contributed by atoms with E-state index in [2.05, 4.69) is 20.8 Å². The highest BCUT2D eigenvalue weighted by Gasteiger charge is 2.76. The molecule has 0 unspecified atom stereocenters. The van der Waals surface area contributed by atoms with Crippen molar-refractivity contribution in [3.8, 4) is 0 Å². The fraction of sp³-hybridized carbons (Fsp3) is 0.639. The van der Waals surface area contributed by atoms with Crippen LogP contribution in [-0.4, -0.2) is 86.1 Å². The highest BCUT2D eigenvalue weighted by Crippen LogP contribution is 2.60. The summed E-state index contributed by atoms with van der Waals surface area (Å²) >= 11 is 0. The number of esters is 3. The summed E-state index contributed by atoms with van der Waals surface area (Å²) in [6.07, 6.45) is -4.76. The Balaban J connectivity index is 2.11. The molecule has 1 saturated heterocycles. The second kappa shape index (κ2) is 14.0. The Bertz CT molecular complexity index is 1460. The third-order valence-electron chi connectivity index (χ3n) is 11.1. The number of Topliss-reactive ketones (excluding diaryl/α,β-unsaturated/α-hetero) is 2. The Morgan fingerprint density at radius 2 is 1.52 bits per heavy atom. The summed E-state index contributed by atoms with van der Waals surface area (Å²) in [6, 6.07) is 10.4. The van der Waals surface area contributed by atoms with Crippen molar-refractivity contribution in [3.05, 3.63) is 47.0 Å². The number of ether oxygens (including phenoxy) is 4. The van der Waals surface area contributed by atoms with Gasteiger partial charge in [-0.3, -0.25) is 19.2 Å². The van der Waals surface area contributed by atoms with Gasteiger partial charge in [0.2, 0.25) is 0 Å². The summed E-state index contributed by atoms with van der Waals surface area (Å²) in [4.78, 5) is 70.0. The van der Waals surface area contributed by atoms with E-state index in [-0.39, 0.29) is 29.7 Å². The third-order valence-corrected chi connectivity index (χ3v) is 15.7. The summed E-state index contributed by atoms with van der Waals surface area (Å²) in [6.45, 7) is 14.2. The second-order valence-corrected chi connectivity index (χ2v) is 18.8. The molecule has 12 heteroatoms. The Morgan fingerprint density at radius 1 is 0.917 bits per heavy atom. The fourth-order valence-electron chi connectivity index (χ4n) is 8.23. The smallest absolute Gasteiger partial charge is 0.338 e. The van der Waals surface area contributed by atoms with Gasteiger partial charge in [-0.15, -0.1) is 0 Å². The molecule has 48 heavy (non-hydrogen) atoms. The Hall–Kier alpha value is -3.19. The molecule has 4 rings (SSSR count). The average molecular weight is 687 g/mol. The van der Waals surface area contributed by atoms with E-state index in [1.165, 1.54) is 13.8 Å². The summed E-state index contributed by atoms with van der Waals surface area (Å²) in [5, 5.41) is 10.4. The number of benzene rings is 1. The highest BCUT2D eigenvalue weighted by atomic mass is 28.4. The number of hydrogen-bond donors (Lipinski definition) is 1. The molecule has 0 spiro atoms. The quantitative estimate of drug-likeness (QED) is 0.157. The monoisotopic (exact) mass is 686 g/mol. The van der Waals surface area contributed by atoms with Crippen LogP contribution >= 0.6 is 0 Å². The molecule has 1 aliphatic heterocycles. The summed E-state index contributed by atoms with van der Waals surface area (Å²) in [7, 11) is -2.49. The number of fused-ring (bicyclic) bond motifs is 3. The van der Waals surface area contributed by atoms with Crippen LogP contribution in [0.25, 0.3) is 0 Å². The molecule has 264 valence electrons. The van der Waals surface area contributed by atoms with Crippen LogP contribution in [0.2, 0.25) is 18.1 Å². The standard InChI is InChI=1S/C36H50O11Si/c1-10-48(11-2,12-3)47-25-18-26-36(20-43-26,46-23(6)39)30-29(45-33(42)24-16-14-13-15-17-24)31(40)34(7,8)27(21(4)19-37)28(44-22(5)38)32(41)35(25,30)9/h13-17,25-26,28-30,37H,10-12,18-20H2,1-9H3/b27-21-/t25-,26+,28+,29-,30-,35+,36-/m0/s1. The zero-order valence-electron chi connectivity index (χ0n) is 29.5. The van der Waals surface area contributed by atoms with Gasteiger partial charge in [0, 0.05) is 20.3 Å². The van der Waals surface area contributed by atoms with Gasteiger partial charge in [0.05, 0.1) is 41.6 Å². The van der Waals surface area contributed by atoms with E-state index in [0.717, 1.165) is 18.1 Å². The van der Waals surface area contributed by atoms with Crippen molar-refractivity contribution in [1.82, 2.24) is 0 Å². The van der Waals surface area contributed by atoms with E-state index in [0.29, 0.717) is 0 Å². The van der Waals surface area contributed by atoms with E-state index in [4.69, 9.17) is 23.4 Å². The normalized spacial score (nSPS) is 32.4. The van der Waals surface area contributed by atoms with E-state index in [1.807, 2.05) is 0 Å². The molecule has 3 fully saturated rings. The van der Waals surface area contributed by atoms with E-state index in [1.54, 1.807) is 58.0 Å². The van der Waals surface area contributed by atoms with Gasteiger partial charge in [0.25, 0.3) is 0 Å². The van der Waals surface area contributed by atoms with E-state index >= 15 is 9.59 Å². The zero-order chi connectivity index (χ0) is 35.8. The minimum absolute atomic E-state index is 0.105. The number of ketones is 2. The lowest BCUT2D eigenvalue weighted by Gasteiger charge is -2.65. The van der Waals surface area contributed by atoms with Gasteiger partial charge in [0.1, 0.15) is 6.10 Å². The van der Waals surface area contributed by atoms with Gasteiger partial charge in [0.15, 0.2) is 37.7 Å². The van der Waals surface area contributed by atoms with E-state index in [9.17, 15) is 19.5 Å². The molecule has 3 aliphatic rings. The minimum atomic E-state index is -2.49. The maximum absolute atomic E-state index is 15.5. The lowest BCUT2D eigenvalue weighted by molar-refractivity contribution is -0.326. The number of rotatable bonds is 10. The number of aliphatic hydroxyl groups excluding tert-OH is 1. The predicted molar refractivity (Wildman–Crippen MR) is 177 cm³/mol. The molecule has 0 amide bonds. The molecule has 11 nitrogen and oxygen atoms in total. The third kappa shape index (κ3) is 6.21. The number of hydrogen-bond acceptors (Lipinski definition) is 11. The summed E-state index contributed by atoms with van der Waals surface area (Å²) in [5.74, 6) is -4.73. The van der Waals surface area contributed by atoms with Crippen LogP contribution in [0.5, 0.6) is 0 Å². The van der Waals surface area contributed by atoms with Crippen molar-refractivity contribution in [2.24, 2.45) is 16.7 Å². The van der Waals surface area contributed by atoms with Crippen LogP contribution in [0.3, 0.4) is 0 Å². The molecular formula is C36H50O11Si. The maximum Gasteiger partial charge on any atom is 0.338 e. The lowest BCUT2D eigenvalue weighted by atomic mass is 9.49. The number of aliphatic hydroxyl groups is 1. The van der Waals surface area contributed by atoms with Gasteiger partial charge >= 0.3 is 17.9 Å². The Morgan fingerprint density at radius 3 is 2.00 bits per heavy atom. The summed E-state index contributed by atoms with van der Waals surface area (Å²) < 4.78 is 31.3. The van der Waals surface area contributed by atoms with Crippen LogP contribution in [0, 0.1) is 16.7 Å². The first kappa shape index (κ1) is 37.6. The van der Waals surface area contributed by atoms with Crippen molar-refractivity contribution >= 4 is 37.8 Å². The molecule has 2 aliphatic carbocycles. The van der Waals surface area contributed by atoms with Gasteiger partial charge in [-0.2, -0.15) is 0 Å². The molecule has 1 N–H and O–H groups in total. The first-order valence-corrected chi connectivity index (χ1v) is 19.3. The van der Waals surface area contributed by atoms with Crippen molar-refractivity contribution in [1.29, 1.82) is 0 Å². The molecule has 7 atom stereocenters. The number of carbonyl (C=O) groups excluding carboxylic acids is 5. The molecular weight excluding hydrogens is 636 g/mol. The Labute approximate surface area is 283 Å². The highest BCUT2D eigenvalue weighted by molar-refractivity contribution is 6.73. The lowest BCUT2D eigenvalue weighted by Crippen LogP contribution is -2.80. The molecule has 0 radical (unpaired) electrons. The largest absolute Gasteiger partial charge is 0.453 e. The van der Waals surface area contributed by atoms with Gasteiger partial charge in [-0.05, 0) is 69.1 Å². The summed E-state index contributed by atoms with van der Waals surface area (Å²) in [5.41, 5.74) is -4.33. The van der Waals surface area contributed by atoms with Crippen molar-refractivity contribution in [2.45, 2.75) is 117 Å². The van der Waals surface area contributed by atoms with Crippen LogP contribution in [0.15, 0.2) is 41.5 Å². The number of carbonyl (C=O) groups is 5. The SMILES string of the molecule is CC[Si](CC)(CC)O[C@H]1C[C@H]2OC[C@@]2(OC(C)=O)[C@H]2[C@H](OC(=O)c3ccccc3)C(=O)C(C)(C)/C(=C(/C)CO)[C@@H](OC(C)=O)C(=O)[C@]12C. The minimum Gasteiger partial charge on any atom is -0.453 e. The molecule has 0 aromatic heterocycles. The van der Waals surface area contributed by atoms with Crippen LogP contribution in [-0.2, 0) is 42.6 Å². The first-order valence-electron chi connectivity index (χ1n) is 16.8. The second-order valence-electron chi connectivity index (χ2n) is 14.1. The van der Waals surface area contributed by atoms with Gasteiger partial charge < -0.3 is 28.5 Å². The van der Waals surface area contributed by atoms with Gasteiger partial charge in [-0.1, -0.05) is 39.0 Å². The first-order chi connectivity index (χ1) is 22.5. The van der Waals surface area contributed by atoms with Crippen LogP contribution < -0.4 is 0 Å². The van der Waals surface area contributed by atoms with Crippen LogP contribution in [0.4, 0.5) is 0 Å². The maximum atomic E-state index is 15.5. The molecule has 1 aromatic rings. The Kier molecular flexibility index (Phi) is 10.9. The van der Waals surface area contributed by atoms with Crippen molar-refractivity contribution < 1.29 is 52.5 Å². The topological polar surface area (TPSA) is 152 Å². The predicted octanol–water partition coefficient (Wildman–Crippen LogP) is 4.75.